The van der Waals surface area contributed by atoms with E-state index in [4.69, 9.17) is 10.8 Å². The number of carboxylic acid groups (broad SMARTS) is 1. The van der Waals surface area contributed by atoms with Gasteiger partial charge in [-0.1, -0.05) is 20.3 Å². The van der Waals surface area contributed by atoms with Gasteiger partial charge in [0.1, 0.15) is 5.01 Å². The molecule has 7 heteroatoms. The van der Waals surface area contributed by atoms with Gasteiger partial charge in [0.05, 0.1) is 12.1 Å². The van der Waals surface area contributed by atoms with E-state index in [0.29, 0.717) is 5.01 Å². The maximum Gasteiger partial charge on any atom is 0.355 e. The van der Waals surface area contributed by atoms with E-state index >= 15 is 0 Å². The van der Waals surface area contributed by atoms with E-state index in [1.807, 2.05) is 13.8 Å². The van der Waals surface area contributed by atoms with Gasteiger partial charge >= 0.3 is 5.97 Å². The zero-order valence-electron chi connectivity index (χ0n) is 11.2. The molecule has 3 unspecified atom stereocenters. The number of amides is 1. The maximum absolute atomic E-state index is 11.9. The molecule has 0 saturated heterocycles. The Balaban J connectivity index is 2.65. The van der Waals surface area contributed by atoms with Crippen molar-refractivity contribution in [1.29, 1.82) is 0 Å². The minimum atomic E-state index is -1.07. The Hall–Kier alpha value is -1.47. The van der Waals surface area contributed by atoms with Crippen molar-refractivity contribution in [2.75, 3.05) is 0 Å². The molecular formula is C12H19N3O3S. The number of aromatic carboxylic acids is 1. The molecule has 1 aromatic rings. The van der Waals surface area contributed by atoms with E-state index < -0.39 is 12.0 Å². The standard InChI is InChI=1S/C12H19N3O3S/c1-4-6(2)9(13)10(16)14-7(3)11-15-8(5-19-11)12(17)18/h5-7,9H,4,13H2,1-3H3,(H,14,16)(H,17,18). The first-order valence-corrected chi connectivity index (χ1v) is 6.99. The molecule has 1 aromatic heterocycles. The quantitative estimate of drug-likeness (QED) is 0.732. The van der Waals surface area contributed by atoms with Gasteiger partial charge in [0.25, 0.3) is 0 Å². The molecule has 106 valence electrons. The molecule has 0 aliphatic rings. The molecule has 0 spiro atoms. The van der Waals surface area contributed by atoms with Crippen molar-refractivity contribution in [2.45, 2.75) is 39.3 Å². The highest BCUT2D eigenvalue weighted by molar-refractivity contribution is 7.09. The molecule has 0 saturated carbocycles. The summed E-state index contributed by atoms with van der Waals surface area (Å²) < 4.78 is 0. The third kappa shape index (κ3) is 4.00. The van der Waals surface area contributed by atoms with Crippen molar-refractivity contribution >= 4 is 23.2 Å². The molecular weight excluding hydrogens is 266 g/mol. The fourth-order valence-corrected chi connectivity index (χ4v) is 2.27. The smallest absolute Gasteiger partial charge is 0.355 e. The van der Waals surface area contributed by atoms with E-state index in [2.05, 4.69) is 10.3 Å². The summed E-state index contributed by atoms with van der Waals surface area (Å²) >= 11 is 1.21. The molecule has 0 aliphatic heterocycles. The Labute approximate surface area is 116 Å². The summed E-state index contributed by atoms with van der Waals surface area (Å²) in [5.41, 5.74) is 5.82. The monoisotopic (exact) mass is 285 g/mol. The lowest BCUT2D eigenvalue weighted by atomic mass is 9.99. The molecule has 0 fully saturated rings. The van der Waals surface area contributed by atoms with Crippen LogP contribution in [-0.2, 0) is 4.79 Å². The lowest BCUT2D eigenvalue weighted by Gasteiger charge is -2.20. The van der Waals surface area contributed by atoms with Gasteiger partial charge in [0.15, 0.2) is 5.69 Å². The molecule has 1 rings (SSSR count). The molecule has 1 amide bonds. The highest BCUT2D eigenvalue weighted by Gasteiger charge is 2.22. The van der Waals surface area contributed by atoms with Crippen molar-refractivity contribution in [3.8, 4) is 0 Å². The average Bonchev–Trinajstić information content (AvgIpc) is 2.86. The van der Waals surface area contributed by atoms with E-state index in [-0.39, 0.29) is 23.6 Å². The first-order chi connectivity index (χ1) is 8.86. The Morgan fingerprint density at radius 3 is 2.63 bits per heavy atom. The van der Waals surface area contributed by atoms with Gasteiger partial charge in [-0.25, -0.2) is 9.78 Å². The van der Waals surface area contributed by atoms with E-state index in [1.54, 1.807) is 6.92 Å². The van der Waals surface area contributed by atoms with Crippen molar-refractivity contribution in [3.05, 3.63) is 16.1 Å². The average molecular weight is 285 g/mol. The van der Waals surface area contributed by atoms with E-state index in [0.717, 1.165) is 6.42 Å². The summed E-state index contributed by atoms with van der Waals surface area (Å²) in [6.45, 7) is 5.65. The zero-order valence-corrected chi connectivity index (χ0v) is 12.0. The Kier molecular flexibility index (Phi) is 5.44. The van der Waals surface area contributed by atoms with Crippen molar-refractivity contribution < 1.29 is 14.7 Å². The molecule has 0 bridgehead atoms. The predicted molar refractivity (Wildman–Crippen MR) is 73.1 cm³/mol. The Morgan fingerprint density at radius 1 is 1.53 bits per heavy atom. The number of hydrogen-bond donors (Lipinski definition) is 3. The topological polar surface area (TPSA) is 105 Å². The number of carbonyl (C=O) groups excluding carboxylic acids is 1. The predicted octanol–water partition coefficient (Wildman–Crippen LogP) is 1.39. The molecule has 0 aliphatic carbocycles. The largest absolute Gasteiger partial charge is 0.476 e. The van der Waals surface area contributed by atoms with Gasteiger partial charge in [-0.15, -0.1) is 11.3 Å². The molecule has 19 heavy (non-hydrogen) atoms. The molecule has 6 nitrogen and oxygen atoms in total. The molecule has 0 aromatic carbocycles. The highest BCUT2D eigenvalue weighted by Crippen LogP contribution is 2.18. The van der Waals surface area contributed by atoms with E-state index in [9.17, 15) is 9.59 Å². The Bertz CT molecular complexity index is 461. The second-order valence-corrected chi connectivity index (χ2v) is 5.41. The molecule has 0 radical (unpaired) electrons. The van der Waals surface area contributed by atoms with Crippen LogP contribution in [0.4, 0.5) is 0 Å². The normalized spacial score (nSPS) is 15.6. The minimum Gasteiger partial charge on any atom is -0.476 e. The lowest BCUT2D eigenvalue weighted by molar-refractivity contribution is -0.124. The second-order valence-electron chi connectivity index (χ2n) is 4.52. The van der Waals surface area contributed by atoms with Crippen LogP contribution in [0.5, 0.6) is 0 Å². The van der Waals surface area contributed by atoms with Gasteiger partial charge in [-0.05, 0) is 12.8 Å². The molecule has 1 heterocycles. The first-order valence-electron chi connectivity index (χ1n) is 6.11. The van der Waals surface area contributed by atoms with Crippen LogP contribution < -0.4 is 11.1 Å². The molecule has 4 N–H and O–H groups in total. The van der Waals surface area contributed by atoms with Crippen LogP contribution >= 0.6 is 11.3 Å². The maximum atomic E-state index is 11.9. The van der Waals surface area contributed by atoms with Crippen LogP contribution in [0.3, 0.4) is 0 Å². The summed E-state index contributed by atoms with van der Waals surface area (Å²) in [7, 11) is 0. The van der Waals surface area contributed by atoms with Crippen molar-refractivity contribution in [2.24, 2.45) is 11.7 Å². The van der Waals surface area contributed by atoms with Gasteiger partial charge in [0.2, 0.25) is 5.91 Å². The van der Waals surface area contributed by atoms with Crippen LogP contribution in [-0.4, -0.2) is 28.0 Å². The number of rotatable bonds is 6. The third-order valence-corrected chi connectivity index (χ3v) is 4.06. The fourth-order valence-electron chi connectivity index (χ4n) is 1.47. The summed E-state index contributed by atoms with van der Waals surface area (Å²) in [4.78, 5) is 26.6. The van der Waals surface area contributed by atoms with E-state index in [1.165, 1.54) is 16.7 Å². The second kappa shape index (κ2) is 6.63. The number of nitrogens with two attached hydrogens (primary N) is 1. The number of aromatic nitrogens is 1. The van der Waals surface area contributed by atoms with Crippen molar-refractivity contribution in [3.63, 3.8) is 0 Å². The number of carboxylic acids is 1. The van der Waals surface area contributed by atoms with Gasteiger partial charge < -0.3 is 16.2 Å². The fraction of sp³-hybridized carbons (Fsp3) is 0.583. The van der Waals surface area contributed by atoms with Gasteiger partial charge in [-0.2, -0.15) is 0 Å². The number of nitrogens with zero attached hydrogens (tertiary/aromatic N) is 1. The summed E-state index contributed by atoms with van der Waals surface area (Å²) in [6, 6.07) is -0.910. The minimum absolute atomic E-state index is 0.00711. The van der Waals surface area contributed by atoms with Crippen molar-refractivity contribution in [1.82, 2.24) is 10.3 Å². The SMILES string of the molecule is CCC(C)C(N)C(=O)NC(C)c1nc(C(=O)O)cs1. The highest BCUT2D eigenvalue weighted by atomic mass is 32.1. The zero-order chi connectivity index (χ0) is 14.6. The van der Waals surface area contributed by atoms with Crippen LogP contribution in [0.1, 0.15) is 48.7 Å². The van der Waals surface area contributed by atoms with Crippen LogP contribution in [0.15, 0.2) is 5.38 Å². The van der Waals surface area contributed by atoms with Crippen LogP contribution in [0.2, 0.25) is 0 Å². The number of hydrogen-bond acceptors (Lipinski definition) is 5. The first kappa shape index (κ1) is 15.6. The molecule has 3 atom stereocenters. The summed E-state index contributed by atoms with van der Waals surface area (Å²) in [6.07, 6.45) is 0.823. The van der Waals surface area contributed by atoms with Crippen LogP contribution in [0, 0.1) is 5.92 Å². The van der Waals surface area contributed by atoms with Gasteiger partial charge in [0, 0.05) is 5.38 Å². The van der Waals surface area contributed by atoms with Crippen LogP contribution in [0.25, 0.3) is 0 Å². The number of thiazole rings is 1. The number of nitrogens with one attached hydrogen (secondary N) is 1. The lowest BCUT2D eigenvalue weighted by Crippen LogP contribution is -2.45. The number of carbonyl (C=O) groups is 2. The van der Waals surface area contributed by atoms with Gasteiger partial charge in [-0.3, -0.25) is 4.79 Å². The third-order valence-electron chi connectivity index (χ3n) is 3.03. The summed E-state index contributed by atoms with van der Waals surface area (Å²) in [5.74, 6) is -1.22. The summed E-state index contributed by atoms with van der Waals surface area (Å²) in [5, 5.41) is 13.6. The Morgan fingerprint density at radius 2 is 2.16 bits per heavy atom.